The highest BCUT2D eigenvalue weighted by molar-refractivity contribution is 7.99. The van der Waals surface area contributed by atoms with Crippen LogP contribution in [0.5, 0.6) is 0 Å². The summed E-state index contributed by atoms with van der Waals surface area (Å²) >= 11 is 1.13. The second-order valence-electron chi connectivity index (χ2n) is 3.51. The first kappa shape index (κ1) is 13.4. The van der Waals surface area contributed by atoms with Gasteiger partial charge in [0.2, 0.25) is 0 Å². The first-order chi connectivity index (χ1) is 7.54. The van der Waals surface area contributed by atoms with E-state index in [1.54, 1.807) is 19.1 Å². The Morgan fingerprint density at radius 1 is 1.38 bits per heavy atom. The Morgan fingerprint density at radius 2 is 2.06 bits per heavy atom. The average molecular weight is 246 g/mol. The zero-order chi connectivity index (χ0) is 12.1. The van der Waals surface area contributed by atoms with Crippen molar-refractivity contribution in [3.8, 4) is 0 Å². The summed E-state index contributed by atoms with van der Waals surface area (Å²) in [7, 11) is 0. The topological polar surface area (TPSA) is 60.7 Å². The zero-order valence-electron chi connectivity index (χ0n) is 8.93. The number of benzene rings is 1. The molecule has 0 heterocycles. The van der Waals surface area contributed by atoms with Crippen molar-refractivity contribution in [2.24, 2.45) is 0 Å². The van der Waals surface area contributed by atoms with Gasteiger partial charge in [0.15, 0.2) is 0 Å². The molecule has 0 aromatic heterocycles. The summed E-state index contributed by atoms with van der Waals surface area (Å²) in [6, 6.07) is 4.48. The lowest BCUT2D eigenvalue weighted by Crippen LogP contribution is -2.14. The van der Waals surface area contributed by atoms with Crippen LogP contribution in [0.1, 0.15) is 18.6 Å². The van der Waals surface area contributed by atoms with Crippen molar-refractivity contribution in [2.75, 3.05) is 12.4 Å². The molecule has 2 atom stereocenters. The highest BCUT2D eigenvalue weighted by Crippen LogP contribution is 2.25. The van der Waals surface area contributed by atoms with Crippen molar-refractivity contribution < 1.29 is 19.7 Å². The average Bonchev–Trinajstić information content (AvgIpc) is 2.26. The molecule has 0 aliphatic carbocycles. The number of aliphatic hydroxyl groups is 3. The molecule has 1 rings (SSSR count). The largest absolute Gasteiger partial charge is 0.394 e. The number of halogens is 1. The molecule has 90 valence electrons. The van der Waals surface area contributed by atoms with Crippen LogP contribution in [0, 0.1) is 5.82 Å². The third-order valence-electron chi connectivity index (χ3n) is 2.08. The lowest BCUT2D eigenvalue weighted by molar-refractivity contribution is 0.113. The van der Waals surface area contributed by atoms with E-state index < -0.39 is 18.0 Å². The number of rotatable bonds is 5. The number of hydrogen-bond acceptors (Lipinski definition) is 4. The summed E-state index contributed by atoms with van der Waals surface area (Å²) in [5, 5.41) is 27.0. The molecule has 1 aromatic carbocycles. The molecule has 0 aliphatic heterocycles. The fourth-order valence-electron chi connectivity index (χ4n) is 1.13. The van der Waals surface area contributed by atoms with E-state index in [2.05, 4.69) is 0 Å². The molecule has 0 spiro atoms. The van der Waals surface area contributed by atoms with E-state index in [4.69, 9.17) is 10.2 Å². The van der Waals surface area contributed by atoms with Crippen LogP contribution in [0.2, 0.25) is 0 Å². The molecule has 0 saturated heterocycles. The summed E-state index contributed by atoms with van der Waals surface area (Å²) in [6.45, 7) is 1.23. The Labute approximate surface area is 97.9 Å². The maximum atomic E-state index is 13.5. The smallest absolute Gasteiger partial charge is 0.137 e. The first-order valence-electron chi connectivity index (χ1n) is 4.93. The van der Waals surface area contributed by atoms with E-state index >= 15 is 0 Å². The molecule has 1 aromatic rings. The van der Waals surface area contributed by atoms with Gasteiger partial charge in [-0.2, -0.15) is 0 Å². The van der Waals surface area contributed by atoms with Crippen LogP contribution in [0.3, 0.4) is 0 Å². The summed E-state index contributed by atoms with van der Waals surface area (Å²) in [5.41, 5.74) is 0.518. The van der Waals surface area contributed by atoms with Gasteiger partial charge in [-0.25, -0.2) is 4.39 Å². The summed E-state index contributed by atoms with van der Waals surface area (Å²) in [4.78, 5) is 0.400. The predicted molar refractivity (Wildman–Crippen MR) is 60.9 cm³/mol. The van der Waals surface area contributed by atoms with Gasteiger partial charge in [-0.1, -0.05) is 6.07 Å². The molecule has 5 heteroatoms. The van der Waals surface area contributed by atoms with Crippen molar-refractivity contribution in [3.05, 3.63) is 29.6 Å². The number of thioether (sulfide) groups is 1. The van der Waals surface area contributed by atoms with Gasteiger partial charge in [0.05, 0.1) is 18.8 Å². The summed E-state index contributed by atoms with van der Waals surface area (Å²) in [6.07, 6.45) is -1.54. The lowest BCUT2D eigenvalue weighted by atomic mass is 10.1. The monoisotopic (exact) mass is 246 g/mol. The van der Waals surface area contributed by atoms with Gasteiger partial charge in [0.1, 0.15) is 5.82 Å². The second-order valence-corrected chi connectivity index (χ2v) is 4.58. The van der Waals surface area contributed by atoms with Crippen molar-refractivity contribution in [3.63, 3.8) is 0 Å². The van der Waals surface area contributed by atoms with E-state index in [-0.39, 0.29) is 12.4 Å². The van der Waals surface area contributed by atoms with E-state index in [1.807, 2.05) is 0 Å². The minimum Gasteiger partial charge on any atom is -0.394 e. The number of hydrogen-bond donors (Lipinski definition) is 3. The molecule has 0 aliphatic rings. The van der Waals surface area contributed by atoms with Gasteiger partial charge >= 0.3 is 0 Å². The van der Waals surface area contributed by atoms with Crippen LogP contribution in [-0.2, 0) is 0 Å². The van der Waals surface area contributed by atoms with Gasteiger partial charge in [0, 0.05) is 10.6 Å². The molecular weight excluding hydrogens is 231 g/mol. The minimum absolute atomic E-state index is 0.238. The minimum atomic E-state index is -0.846. The van der Waals surface area contributed by atoms with Gasteiger partial charge in [-0.05, 0) is 24.6 Å². The van der Waals surface area contributed by atoms with Crippen LogP contribution < -0.4 is 0 Å². The Bertz CT molecular complexity index is 344. The normalized spacial score (nSPS) is 14.8. The van der Waals surface area contributed by atoms with Gasteiger partial charge in [-0.15, -0.1) is 11.8 Å². The van der Waals surface area contributed by atoms with E-state index in [0.29, 0.717) is 10.5 Å². The van der Waals surface area contributed by atoms with Crippen molar-refractivity contribution >= 4 is 11.8 Å². The van der Waals surface area contributed by atoms with Crippen LogP contribution in [0.25, 0.3) is 0 Å². The highest BCUT2D eigenvalue weighted by Gasteiger charge is 2.09. The Morgan fingerprint density at radius 3 is 2.56 bits per heavy atom. The van der Waals surface area contributed by atoms with Crippen molar-refractivity contribution in [1.29, 1.82) is 0 Å². The van der Waals surface area contributed by atoms with E-state index in [1.165, 1.54) is 6.07 Å². The van der Waals surface area contributed by atoms with Crippen LogP contribution in [0.15, 0.2) is 23.1 Å². The molecular formula is C11H15FO3S. The molecule has 3 nitrogen and oxygen atoms in total. The summed E-state index contributed by atoms with van der Waals surface area (Å²) < 4.78 is 13.5. The quantitative estimate of drug-likeness (QED) is 0.686. The van der Waals surface area contributed by atoms with Gasteiger partial charge in [-0.3, -0.25) is 0 Å². The first-order valence-corrected chi connectivity index (χ1v) is 5.92. The van der Waals surface area contributed by atoms with E-state index in [9.17, 15) is 9.50 Å². The van der Waals surface area contributed by atoms with Crippen LogP contribution >= 0.6 is 11.8 Å². The fraction of sp³-hybridized carbons (Fsp3) is 0.455. The second kappa shape index (κ2) is 6.20. The van der Waals surface area contributed by atoms with Crippen molar-refractivity contribution in [2.45, 2.75) is 24.0 Å². The molecule has 0 radical (unpaired) electrons. The SMILES string of the molecule is C[C@@H](O)c1ccc(SCC(O)CO)c(F)c1. The number of aliphatic hydroxyl groups excluding tert-OH is 3. The van der Waals surface area contributed by atoms with Gasteiger partial charge < -0.3 is 15.3 Å². The molecule has 1 unspecified atom stereocenters. The Hall–Kier alpha value is -0.620. The highest BCUT2D eigenvalue weighted by atomic mass is 32.2. The molecule has 3 N–H and O–H groups in total. The standard InChI is InChI=1S/C11H15FO3S/c1-7(14)8-2-3-11(10(12)4-8)16-6-9(15)5-13/h2-4,7,9,13-15H,5-6H2,1H3/t7-,9?/m1/s1. The zero-order valence-corrected chi connectivity index (χ0v) is 9.75. The van der Waals surface area contributed by atoms with Crippen LogP contribution in [0.4, 0.5) is 4.39 Å². The predicted octanol–water partition coefficient (Wildman–Crippen LogP) is 1.32. The Balaban J connectivity index is 2.68. The summed E-state index contributed by atoms with van der Waals surface area (Å²) in [5.74, 6) is -0.185. The molecule has 0 bridgehead atoms. The fourth-order valence-corrected chi connectivity index (χ4v) is 1.97. The maximum Gasteiger partial charge on any atom is 0.137 e. The molecule has 16 heavy (non-hydrogen) atoms. The maximum absolute atomic E-state index is 13.5. The van der Waals surface area contributed by atoms with Gasteiger partial charge in [0.25, 0.3) is 0 Å². The third-order valence-corrected chi connectivity index (χ3v) is 3.27. The van der Waals surface area contributed by atoms with Crippen LogP contribution in [-0.4, -0.2) is 33.8 Å². The van der Waals surface area contributed by atoms with E-state index in [0.717, 1.165) is 11.8 Å². The van der Waals surface area contributed by atoms with Crippen molar-refractivity contribution in [1.82, 2.24) is 0 Å². The molecule has 0 saturated carbocycles. The third kappa shape index (κ3) is 3.75. The Kier molecular flexibility index (Phi) is 5.21. The lowest BCUT2D eigenvalue weighted by Gasteiger charge is -2.09. The molecule has 0 fully saturated rings. The molecule has 0 amide bonds.